The predicted octanol–water partition coefficient (Wildman–Crippen LogP) is 6.20. The van der Waals surface area contributed by atoms with Crippen molar-refractivity contribution in [3.8, 4) is 0 Å². The number of hydrogen-bond donors (Lipinski definition) is 0. The van der Waals surface area contributed by atoms with Gasteiger partial charge in [-0.3, -0.25) is 4.79 Å². The topological polar surface area (TPSA) is 26.3 Å². The van der Waals surface area contributed by atoms with E-state index in [-0.39, 0.29) is 0 Å². The summed E-state index contributed by atoms with van der Waals surface area (Å²) in [4.78, 5) is 12.5. The lowest BCUT2D eigenvalue weighted by molar-refractivity contribution is -0.116. The van der Waals surface area contributed by atoms with Crippen molar-refractivity contribution in [2.45, 2.75) is 96.8 Å². The third-order valence-corrected chi connectivity index (χ3v) is 6.09. The van der Waals surface area contributed by atoms with Gasteiger partial charge in [-0.05, 0) is 31.6 Å². The van der Waals surface area contributed by atoms with Gasteiger partial charge in [0.05, 0.1) is 7.11 Å². The standard InChI is InChI=1S/C21H36O2/c1-17(20(22)15-13-18-9-5-3-6-10-18)21(23-2)16-14-19-11-7-4-8-12-19/h18-19H,3-16H2,1-2H3/b21-17-. The van der Waals surface area contributed by atoms with E-state index in [1.807, 2.05) is 6.92 Å². The first kappa shape index (κ1) is 18.5. The summed E-state index contributed by atoms with van der Waals surface area (Å²) in [5.74, 6) is 2.90. The van der Waals surface area contributed by atoms with E-state index in [2.05, 4.69) is 0 Å². The van der Waals surface area contributed by atoms with Crippen molar-refractivity contribution in [1.29, 1.82) is 0 Å². The highest BCUT2D eigenvalue weighted by molar-refractivity contribution is 5.95. The van der Waals surface area contributed by atoms with Crippen molar-refractivity contribution in [2.75, 3.05) is 7.11 Å². The van der Waals surface area contributed by atoms with E-state index in [0.29, 0.717) is 12.2 Å². The van der Waals surface area contributed by atoms with Gasteiger partial charge < -0.3 is 4.74 Å². The van der Waals surface area contributed by atoms with Crippen LogP contribution < -0.4 is 0 Å². The van der Waals surface area contributed by atoms with Crippen LogP contribution in [0.1, 0.15) is 96.8 Å². The number of hydrogen-bond acceptors (Lipinski definition) is 2. The maximum Gasteiger partial charge on any atom is 0.161 e. The van der Waals surface area contributed by atoms with Gasteiger partial charge in [0, 0.05) is 18.4 Å². The van der Waals surface area contributed by atoms with Crippen molar-refractivity contribution >= 4 is 5.78 Å². The zero-order valence-electron chi connectivity index (χ0n) is 15.4. The second-order valence-electron chi connectivity index (χ2n) is 7.76. The highest BCUT2D eigenvalue weighted by atomic mass is 16.5. The van der Waals surface area contributed by atoms with E-state index in [1.165, 1.54) is 70.6 Å². The average Bonchev–Trinajstić information content (AvgIpc) is 2.61. The molecule has 0 heterocycles. The molecule has 0 radical (unpaired) electrons. The Morgan fingerprint density at radius 2 is 1.30 bits per heavy atom. The Hall–Kier alpha value is -0.790. The first-order valence-electron chi connectivity index (χ1n) is 9.97. The van der Waals surface area contributed by atoms with Crippen LogP contribution in [0.3, 0.4) is 0 Å². The normalized spacial score (nSPS) is 21.8. The number of carbonyl (C=O) groups excluding carboxylic acids is 1. The van der Waals surface area contributed by atoms with Crippen LogP contribution in [0.5, 0.6) is 0 Å². The third kappa shape index (κ3) is 6.31. The highest BCUT2D eigenvalue weighted by Gasteiger charge is 2.19. The minimum atomic E-state index is 0.316. The fourth-order valence-electron chi connectivity index (χ4n) is 4.41. The Bertz CT molecular complexity index is 385. The molecule has 0 aliphatic heterocycles. The van der Waals surface area contributed by atoms with Crippen LogP contribution in [0, 0.1) is 11.8 Å². The van der Waals surface area contributed by atoms with E-state index in [0.717, 1.165) is 36.0 Å². The molecule has 0 aromatic heterocycles. The van der Waals surface area contributed by atoms with E-state index < -0.39 is 0 Å². The summed E-state index contributed by atoms with van der Waals surface area (Å²) in [6, 6.07) is 0. The molecular formula is C21H36O2. The molecule has 2 rings (SSSR count). The minimum absolute atomic E-state index is 0.316. The quantitative estimate of drug-likeness (QED) is 0.393. The van der Waals surface area contributed by atoms with E-state index in [1.54, 1.807) is 7.11 Å². The number of carbonyl (C=O) groups is 1. The Morgan fingerprint density at radius 3 is 1.78 bits per heavy atom. The molecule has 2 aliphatic carbocycles. The summed E-state index contributed by atoms with van der Waals surface area (Å²) in [7, 11) is 1.73. The smallest absolute Gasteiger partial charge is 0.161 e. The molecular weight excluding hydrogens is 284 g/mol. The number of Topliss-reactive ketones (excluding diaryl/α,β-unsaturated/α-hetero) is 1. The van der Waals surface area contributed by atoms with Gasteiger partial charge in [0.25, 0.3) is 0 Å². The van der Waals surface area contributed by atoms with Crippen molar-refractivity contribution in [3.05, 3.63) is 11.3 Å². The Kier molecular flexibility index (Phi) is 8.19. The van der Waals surface area contributed by atoms with Gasteiger partial charge in [-0.15, -0.1) is 0 Å². The SMILES string of the molecule is CO/C(CCC1CCCCC1)=C(/C)C(=O)CCC1CCCCC1. The van der Waals surface area contributed by atoms with Crippen LogP contribution in [-0.2, 0) is 9.53 Å². The summed E-state index contributed by atoms with van der Waals surface area (Å²) >= 11 is 0. The molecule has 0 aromatic rings. The van der Waals surface area contributed by atoms with Crippen LogP contribution in [0.4, 0.5) is 0 Å². The van der Waals surface area contributed by atoms with Gasteiger partial charge in [0.15, 0.2) is 5.78 Å². The molecule has 0 atom stereocenters. The molecule has 0 spiro atoms. The van der Waals surface area contributed by atoms with Crippen molar-refractivity contribution in [1.82, 2.24) is 0 Å². The van der Waals surface area contributed by atoms with E-state index in [4.69, 9.17) is 4.74 Å². The molecule has 23 heavy (non-hydrogen) atoms. The van der Waals surface area contributed by atoms with Crippen LogP contribution in [0.15, 0.2) is 11.3 Å². The maximum absolute atomic E-state index is 12.5. The second-order valence-corrected chi connectivity index (χ2v) is 7.76. The molecule has 0 aromatic carbocycles. The van der Waals surface area contributed by atoms with Gasteiger partial charge in [-0.25, -0.2) is 0 Å². The summed E-state index contributed by atoms with van der Waals surface area (Å²) in [6.45, 7) is 1.98. The lowest BCUT2D eigenvalue weighted by Crippen LogP contribution is -2.12. The average molecular weight is 321 g/mol. The fourth-order valence-corrected chi connectivity index (χ4v) is 4.41. The molecule has 132 valence electrons. The number of methoxy groups -OCH3 is 1. The maximum atomic E-state index is 12.5. The summed E-state index contributed by atoms with van der Waals surface area (Å²) in [6.07, 6.45) is 17.6. The number of rotatable bonds is 8. The van der Waals surface area contributed by atoms with E-state index in [9.17, 15) is 4.79 Å². The van der Waals surface area contributed by atoms with Crippen LogP contribution in [-0.4, -0.2) is 12.9 Å². The number of ketones is 1. The van der Waals surface area contributed by atoms with Crippen molar-refractivity contribution < 1.29 is 9.53 Å². The van der Waals surface area contributed by atoms with E-state index >= 15 is 0 Å². The Morgan fingerprint density at radius 1 is 0.826 bits per heavy atom. The van der Waals surface area contributed by atoms with Gasteiger partial charge >= 0.3 is 0 Å². The Labute approximate surface area is 143 Å². The molecule has 2 heteroatoms. The molecule has 0 saturated heterocycles. The van der Waals surface area contributed by atoms with Crippen LogP contribution in [0.2, 0.25) is 0 Å². The van der Waals surface area contributed by atoms with Crippen LogP contribution in [0.25, 0.3) is 0 Å². The highest BCUT2D eigenvalue weighted by Crippen LogP contribution is 2.30. The first-order chi connectivity index (χ1) is 11.2. The molecule has 2 nitrogen and oxygen atoms in total. The summed E-state index contributed by atoms with van der Waals surface area (Å²) in [5.41, 5.74) is 0.888. The zero-order chi connectivity index (χ0) is 16.5. The largest absolute Gasteiger partial charge is 0.501 e. The molecule has 0 N–H and O–H groups in total. The molecule has 2 fully saturated rings. The first-order valence-corrected chi connectivity index (χ1v) is 9.97. The lowest BCUT2D eigenvalue weighted by atomic mass is 9.84. The predicted molar refractivity (Wildman–Crippen MR) is 96.3 cm³/mol. The molecule has 0 amide bonds. The monoisotopic (exact) mass is 320 g/mol. The zero-order valence-corrected chi connectivity index (χ0v) is 15.4. The fraction of sp³-hybridized carbons (Fsp3) is 0.857. The van der Waals surface area contributed by atoms with Crippen molar-refractivity contribution in [2.24, 2.45) is 11.8 Å². The van der Waals surface area contributed by atoms with Gasteiger partial charge in [-0.1, -0.05) is 64.2 Å². The molecule has 2 saturated carbocycles. The lowest BCUT2D eigenvalue weighted by Gasteiger charge is -2.22. The minimum Gasteiger partial charge on any atom is -0.501 e. The summed E-state index contributed by atoms with van der Waals surface area (Å²) in [5, 5.41) is 0. The van der Waals surface area contributed by atoms with Crippen molar-refractivity contribution in [3.63, 3.8) is 0 Å². The third-order valence-electron chi connectivity index (χ3n) is 6.09. The molecule has 0 bridgehead atoms. The second kappa shape index (κ2) is 10.2. The van der Waals surface area contributed by atoms with Gasteiger partial charge in [0.2, 0.25) is 0 Å². The van der Waals surface area contributed by atoms with Gasteiger partial charge in [0.1, 0.15) is 5.76 Å². The number of allylic oxidation sites excluding steroid dienone is 2. The summed E-state index contributed by atoms with van der Waals surface area (Å²) < 4.78 is 5.57. The number of ether oxygens (including phenoxy) is 1. The Balaban J connectivity index is 1.78. The molecule has 0 unspecified atom stereocenters. The van der Waals surface area contributed by atoms with Crippen LogP contribution >= 0.6 is 0 Å². The molecule has 2 aliphatic rings. The van der Waals surface area contributed by atoms with Gasteiger partial charge in [-0.2, -0.15) is 0 Å².